The fourth-order valence-electron chi connectivity index (χ4n) is 1.37. The Morgan fingerprint density at radius 3 is 2.07 bits per heavy atom. The smallest absolute Gasteiger partial charge is 0.118 e. The summed E-state index contributed by atoms with van der Waals surface area (Å²) in [4.78, 5) is 0. The molecule has 1 aromatic rings. The first kappa shape index (κ1) is 11.1. The monoisotopic (exact) mass is 192 g/mol. The van der Waals surface area contributed by atoms with E-state index in [1.807, 2.05) is 12.1 Å². The summed E-state index contributed by atoms with van der Waals surface area (Å²) in [5.41, 5.74) is 1.40. The van der Waals surface area contributed by atoms with Gasteiger partial charge in [0.05, 0.1) is 7.11 Å². The lowest BCUT2D eigenvalue weighted by molar-refractivity contribution is 0.410. The SMILES string of the molecule is COc1ccc(CC(C)C(C)C)cc1. The highest BCUT2D eigenvalue weighted by molar-refractivity contribution is 5.27. The average Bonchev–Trinajstić information content (AvgIpc) is 2.19. The first-order chi connectivity index (χ1) is 6.63. The molecule has 0 saturated heterocycles. The minimum atomic E-state index is 0.739. The van der Waals surface area contributed by atoms with Gasteiger partial charge in [0, 0.05) is 0 Å². The molecule has 0 aliphatic rings. The van der Waals surface area contributed by atoms with Gasteiger partial charge in [0.15, 0.2) is 0 Å². The minimum Gasteiger partial charge on any atom is -0.497 e. The van der Waals surface area contributed by atoms with E-state index in [-0.39, 0.29) is 0 Å². The molecule has 0 spiro atoms. The van der Waals surface area contributed by atoms with Crippen LogP contribution in [0.4, 0.5) is 0 Å². The molecule has 0 saturated carbocycles. The van der Waals surface area contributed by atoms with E-state index in [0.29, 0.717) is 0 Å². The molecule has 1 unspecified atom stereocenters. The molecule has 0 radical (unpaired) electrons. The summed E-state index contributed by atoms with van der Waals surface area (Å²) < 4.78 is 5.12. The van der Waals surface area contributed by atoms with Crippen molar-refractivity contribution < 1.29 is 4.74 Å². The van der Waals surface area contributed by atoms with Gasteiger partial charge in [-0.1, -0.05) is 32.9 Å². The average molecular weight is 192 g/mol. The lowest BCUT2D eigenvalue weighted by atomic mass is 9.91. The van der Waals surface area contributed by atoms with Crippen LogP contribution < -0.4 is 4.74 Å². The minimum absolute atomic E-state index is 0.739. The molecule has 0 bridgehead atoms. The van der Waals surface area contributed by atoms with Crippen LogP contribution in [0.2, 0.25) is 0 Å². The highest BCUT2D eigenvalue weighted by atomic mass is 16.5. The Morgan fingerprint density at radius 1 is 1.07 bits per heavy atom. The highest BCUT2D eigenvalue weighted by Gasteiger charge is 2.07. The molecule has 0 aromatic heterocycles. The van der Waals surface area contributed by atoms with E-state index in [1.165, 1.54) is 5.56 Å². The van der Waals surface area contributed by atoms with Crippen molar-refractivity contribution in [3.63, 3.8) is 0 Å². The van der Waals surface area contributed by atoms with Crippen LogP contribution in [-0.4, -0.2) is 7.11 Å². The summed E-state index contributed by atoms with van der Waals surface area (Å²) in [6.07, 6.45) is 1.15. The third kappa shape index (κ3) is 3.06. The zero-order valence-corrected chi connectivity index (χ0v) is 9.58. The summed E-state index contributed by atoms with van der Waals surface area (Å²) in [5.74, 6) is 2.42. The number of rotatable bonds is 4. The van der Waals surface area contributed by atoms with Gasteiger partial charge < -0.3 is 4.74 Å². The predicted octanol–water partition coefficient (Wildman–Crippen LogP) is 3.53. The second kappa shape index (κ2) is 5.04. The van der Waals surface area contributed by atoms with Crippen molar-refractivity contribution in [1.29, 1.82) is 0 Å². The maximum Gasteiger partial charge on any atom is 0.118 e. The van der Waals surface area contributed by atoms with Crippen molar-refractivity contribution in [1.82, 2.24) is 0 Å². The standard InChI is InChI=1S/C13H20O/c1-10(2)11(3)9-12-5-7-13(14-4)8-6-12/h5-8,10-11H,9H2,1-4H3. The lowest BCUT2D eigenvalue weighted by Gasteiger charge is -2.15. The van der Waals surface area contributed by atoms with Gasteiger partial charge >= 0.3 is 0 Å². The Labute approximate surface area is 87.1 Å². The number of hydrogen-bond donors (Lipinski definition) is 0. The van der Waals surface area contributed by atoms with E-state index >= 15 is 0 Å². The van der Waals surface area contributed by atoms with Crippen molar-refractivity contribution >= 4 is 0 Å². The molecular weight excluding hydrogens is 172 g/mol. The first-order valence-corrected chi connectivity index (χ1v) is 5.26. The fraction of sp³-hybridized carbons (Fsp3) is 0.538. The molecule has 0 N–H and O–H groups in total. The van der Waals surface area contributed by atoms with Crippen LogP contribution in [0.15, 0.2) is 24.3 Å². The van der Waals surface area contributed by atoms with Crippen LogP contribution in [-0.2, 0) is 6.42 Å². The Morgan fingerprint density at radius 2 is 1.64 bits per heavy atom. The first-order valence-electron chi connectivity index (χ1n) is 5.26. The van der Waals surface area contributed by atoms with Crippen LogP contribution in [0.1, 0.15) is 26.3 Å². The maximum absolute atomic E-state index is 5.12. The number of hydrogen-bond acceptors (Lipinski definition) is 1. The second-order valence-electron chi connectivity index (χ2n) is 4.27. The van der Waals surface area contributed by atoms with Gasteiger partial charge in [-0.25, -0.2) is 0 Å². The van der Waals surface area contributed by atoms with E-state index < -0.39 is 0 Å². The number of benzene rings is 1. The quantitative estimate of drug-likeness (QED) is 0.709. The van der Waals surface area contributed by atoms with E-state index in [2.05, 4.69) is 32.9 Å². The Kier molecular flexibility index (Phi) is 3.99. The van der Waals surface area contributed by atoms with E-state index in [0.717, 1.165) is 24.0 Å². The Bertz CT molecular complexity index is 261. The molecule has 1 nitrogen and oxygen atoms in total. The fourth-order valence-corrected chi connectivity index (χ4v) is 1.37. The Hall–Kier alpha value is -0.980. The van der Waals surface area contributed by atoms with E-state index in [4.69, 9.17) is 4.74 Å². The van der Waals surface area contributed by atoms with E-state index in [1.54, 1.807) is 7.11 Å². The number of methoxy groups -OCH3 is 1. The van der Waals surface area contributed by atoms with Crippen LogP contribution >= 0.6 is 0 Å². The van der Waals surface area contributed by atoms with Gasteiger partial charge in [-0.2, -0.15) is 0 Å². The molecule has 1 atom stereocenters. The third-order valence-corrected chi connectivity index (χ3v) is 2.85. The molecule has 1 rings (SSSR count). The highest BCUT2D eigenvalue weighted by Crippen LogP contribution is 2.18. The molecule has 0 heterocycles. The van der Waals surface area contributed by atoms with Crippen LogP contribution in [0.3, 0.4) is 0 Å². The third-order valence-electron chi connectivity index (χ3n) is 2.85. The van der Waals surface area contributed by atoms with Crippen LogP contribution in [0.25, 0.3) is 0 Å². The lowest BCUT2D eigenvalue weighted by Crippen LogP contribution is -2.07. The molecule has 1 aromatic carbocycles. The molecule has 0 fully saturated rings. The zero-order valence-electron chi connectivity index (χ0n) is 9.58. The molecular formula is C13H20O. The molecule has 78 valence electrons. The van der Waals surface area contributed by atoms with Gasteiger partial charge in [0.25, 0.3) is 0 Å². The van der Waals surface area contributed by atoms with Gasteiger partial charge in [0.2, 0.25) is 0 Å². The molecule has 1 heteroatoms. The van der Waals surface area contributed by atoms with E-state index in [9.17, 15) is 0 Å². The van der Waals surface area contributed by atoms with Crippen molar-refractivity contribution in [2.45, 2.75) is 27.2 Å². The van der Waals surface area contributed by atoms with Gasteiger partial charge in [-0.15, -0.1) is 0 Å². The summed E-state index contributed by atoms with van der Waals surface area (Å²) in [7, 11) is 1.70. The van der Waals surface area contributed by atoms with Crippen molar-refractivity contribution in [3.05, 3.63) is 29.8 Å². The van der Waals surface area contributed by atoms with Crippen LogP contribution in [0.5, 0.6) is 5.75 Å². The molecule has 14 heavy (non-hydrogen) atoms. The summed E-state index contributed by atoms with van der Waals surface area (Å²) in [6, 6.07) is 8.36. The van der Waals surface area contributed by atoms with Gasteiger partial charge in [-0.3, -0.25) is 0 Å². The van der Waals surface area contributed by atoms with Crippen molar-refractivity contribution in [3.8, 4) is 5.75 Å². The number of ether oxygens (including phenoxy) is 1. The van der Waals surface area contributed by atoms with Gasteiger partial charge in [0.1, 0.15) is 5.75 Å². The zero-order chi connectivity index (χ0) is 10.6. The summed E-state index contributed by atoms with van der Waals surface area (Å²) in [5, 5.41) is 0. The van der Waals surface area contributed by atoms with Crippen LogP contribution in [0, 0.1) is 11.8 Å². The maximum atomic E-state index is 5.12. The summed E-state index contributed by atoms with van der Waals surface area (Å²) in [6.45, 7) is 6.84. The molecule has 0 aliphatic heterocycles. The van der Waals surface area contributed by atoms with Gasteiger partial charge in [-0.05, 0) is 36.0 Å². The predicted molar refractivity (Wildman–Crippen MR) is 60.7 cm³/mol. The molecule has 0 aliphatic carbocycles. The second-order valence-corrected chi connectivity index (χ2v) is 4.27. The molecule has 0 amide bonds. The van der Waals surface area contributed by atoms with Crippen molar-refractivity contribution in [2.24, 2.45) is 11.8 Å². The summed E-state index contributed by atoms with van der Waals surface area (Å²) >= 11 is 0. The topological polar surface area (TPSA) is 9.23 Å². The normalized spacial score (nSPS) is 12.9. The largest absolute Gasteiger partial charge is 0.497 e. The van der Waals surface area contributed by atoms with Crippen molar-refractivity contribution in [2.75, 3.05) is 7.11 Å². The Balaban J connectivity index is 2.59.